The molecule has 2 aromatic heterocycles. The third kappa shape index (κ3) is 6.10. The third-order valence-electron chi connectivity index (χ3n) is 5.80. The molecule has 0 saturated heterocycles. The van der Waals surface area contributed by atoms with Gasteiger partial charge in [0.05, 0.1) is 10.6 Å². The van der Waals surface area contributed by atoms with Gasteiger partial charge in [0.1, 0.15) is 18.2 Å². The number of nitro benzene ring substituents is 1. The van der Waals surface area contributed by atoms with Gasteiger partial charge in [-0.25, -0.2) is 4.98 Å². The van der Waals surface area contributed by atoms with E-state index in [1.165, 1.54) is 23.6 Å². The molecule has 40 heavy (non-hydrogen) atoms. The number of nitrogens with zero attached hydrogens (tertiary/aromatic N) is 3. The maximum absolute atomic E-state index is 13.5. The van der Waals surface area contributed by atoms with E-state index in [9.17, 15) is 23.3 Å². The lowest BCUT2D eigenvalue weighted by atomic mass is 10.1. The summed E-state index contributed by atoms with van der Waals surface area (Å²) in [6.07, 6.45) is -3.61. The highest BCUT2D eigenvalue weighted by Gasteiger charge is 2.36. The SMILES string of the molecule is O=[N+]([O-])c1cc(-c2csc(-c3cccnc3C(F)(F)F)n2)cc(OCc2ccccc2)c1OCc1ccccc1. The van der Waals surface area contributed by atoms with Crippen molar-refractivity contribution in [1.82, 2.24) is 9.97 Å². The fourth-order valence-corrected chi connectivity index (χ4v) is 4.78. The molecule has 0 amide bonds. The number of hydrogen-bond donors (Lipinski definition) is 0. The van der Waals surface area contributed by atoms with Crippen LogP contribution >= 0.6 is 11.3 Å². The third-order valence-corrected chi connectivity index (χ3v) is 6.68. The van der Waals surface area contributed by atoms with Crippen LogP contribution in [0.2, 0.25) is 0 Å². The Morgan fingerprint density at radius 1 is 0.875 bits per heavy atom. The van der Waals surface area contributed by atoms with Gasteiger partial charge in [-0.1, -0.05) is 60.7 Å². The van der Waals surface area contributed by atoms with Gasteiger partial charge in [0.2, 0.25) is 5.75 Å². The lowest BCUT2D eigenvalue weighted by Crippen LogP contribution is -2.09. The Bertz CT molecular complexity index is 1630. The van der Waals surface area contributed by atoms with Gasteiger partial charge in [0.25, 0.3) is 0 Å². The topological polar surface area (TPSA) is 87.4 Å². The molecule has 0 radical (unpaired) electrons. The van der Waals surface area contributed by atoms with Crippen molar-refractivity contribution in [2.45, 2.75) is 19.4 Å². The highest BCUT2D eigenvalue weighted by Crippen LogP contribution is 2.43. The van der Waals surface area contributed by atoms with Crippen LogP contribution < -0.4 is 9.47 Å². The summed E-state index contributed by atoms with van der Waals surface area (Å²) in [5, 5.41) is 13.8. The van der Waals surface area contributed by atoms with E-state index >= 15 is 0 Å². The number of pyridine rings is 1. The number of thiazole rings is 1. The van der Waals surface area contributed by atoms with E-state index in [-0.39, 0.29) is 46.7 Å². The highest BCUT2D eigenvalue weighted by atomic mass is 32.1. The van der Waals surface area contributed by atoms with E-state index in [4.69, 9.17) is 9.47 Å². The van der Waals surface area contributed by atoms with Crippen molar-refractivity contribution in [2.24, 2.45) is 0 Å². The minimum absolute atomic E-state index is 0.0596. The predicted molar refractivity (Wildman–Crippen MR) is 144 cm³/mol. The molecule has 0 saturated carbocycles. The molecule has 3 aromatic carbocycles. The van der Waals surface area contributed by atoms with Crippen LogP contribution in [0.3, 0.4) is 0 Å². The number of benzene rings is 3. The first kappa shape index (κ1) is 26.8. The first-order chi connectivity index (χ1) is 19.3. The number of ether oxygens (including phenoxy) is 2. The molecule has 5 aromatic rings. The average molecular weight is 564 g/mol. The van der Waals surface area contributed by atoms with Crippen molar-refractivity contribution in [3.8, 4) is 33.3 Å². The van der Waals surface area contributed by atoms with E-state index in [0.29, 0.717) is 5.56 Å². The standard InChI is InChI=1S/C29H20F3N3O4S/c30-29(31,32)27-22(12-7-13-33-27)28-34-23(18-40-28)21-14-24(35(36)37)26(39-17-20-10-5-2-6-11-20)25(15-21)38-16-19-8-3-1-4-9-19/h1-15,18H,16-17H2. The molecule has 0 atom stereocenters. The van der Waals surface area contributed by atoms with Crippen LogP contribution in [0.4, 0.5) is 18.9 Å². The lowest BCUT2D eigenvalue weighted by Gasteiger charge is -2.15. The summed E-state index contributed by atoms with van der Waals surface area (Å²) in [5.74, 6) is 0.0477. The van der Waals surface area contributed by atoms with Gasteiger partial charge in [-0.2, -0.15) is 13.2 Å². The molecule has 0 unspecified atom stereocenters. The van der Waals surface area contributed by atoms with Crippen LogP contribution in [-0.4, -0.2) is 14.9 Å². The van der Waals surface area contributed by atoms with Crippen LogP contribution in [0, 0.1) is 10.1 Å². The van der Waals surface area contributed by atoms with Gasteiger partial charge in [0, 0.05) is 28.8 Å². The van der Waals surface area contributed by atoms with Crippen molar-refractivity contribution in [1.29, 1.82) is 0 Å². The minimum atomic E-state index is -4.67. The minimum Gasteiger partial charge on any atom is -0.485 e. The zero-order valence-electron chi connectivity index (χ0n) is 20.7. The number of halogens is 3. The lowest BCUT2D eigenvalue weighted by molar-refractivity contribution is -0.386. The smallest absolute Gasteiger partial charge is 0.434 e. The maximum Gasteiger partial charge on any atom is 0.434 e. The van der Waals surface area contributed by atoms with Gasteiger partial charge in [-0.05, 0) is 29.3 Å². The van der Waals surface area contributed by atoms with E-state index in [1.54, 1.807) is 6.07 Å². The van der Waals surface area contributed by atoms with Crippen LogP contribution in [0.15, 0.2) is 96.5 Å². The Kier molecular flexibility index (Phi) is 7.74. The molecule has 0 aliphatic carbocycles. The molecule has 0 aliphatic rings. The van der Waals surface area contributed by atoms with E-state index in [0.717, 1.165) is 28.7 Å². The maximum atomic E-state index is 13.5. The van der Waals surface area contributed by atoms with Crippen molar-refractivity contribution >= 4 is 17.0 Å². The quantitative estimate of drug-likeness (QED) is 0.134. The van der Waals surface area contributed by atoms with Gasteiger partial charge >= 0.3 is 11.9 Å². The molecular weight excluding hydrogens is 543 g/mol. The van der Waals surface area contributed by atoms with Crippen LogP contribution in [0.25, 0.3) is 21.8 Å². The molecule has 0 bridgehead atoms. The van der Waals surface area contributed by atoms with Gasteiger partial charge < -0.3 is 9.47 Å². The summed E-state index contributed by atoms with van der Waals surface area (Å²) >= 11 is 0.977. The Hall–Kier alpha value is -4.77. The molecular formula is C29H20F3N3O4S. The second kappa shape index (κ2) is 11.5. The molecule has 0 N–H and O–H groups in total. The van der Waals surface area contributed by atoms with Crippen LogP contribution in [0.5, 0.6) is 11.5 Å². The second-order valence-corrected chi connectivity index (χ2v) is 9.42. The highest BCUT2D eigenvalue weighted by molar-refractivity contribution is 7.13. The van der Waals surface area contributed by atoms with Crippen molar-refractivity contribution in [3.63, 3.8) is 0 Å². The number of alkyl halides is 3. The predicted octanol–water partition coefficient (Wildman–Crippen LogP) is 7.96. The number of hydrogen-bond acceptors (Lipinski definition) is 7. The summed E-state index contributed by atoms with van der Waals surface area (Å²) in [7, 11) is 0. The van der Waals surface area contributed by atoms with Crippen molar-refractivity contribution in [3.05, 3.63) is 123 Å². The van der Waals surface area contributed by atoms with E-state index < -0.39 is 16.8 Å². The zero-order chi connectivity index (χ0) is 28.1. The number of nitro groups is 1. The molecule has 7 nitrogen and oxygen atoms in total. The Balaban J connectivity index is 1.55. The molecule has 0 fully saturated rings. The Morgan fingerprint density at radius 2 is 1.52 bits per heavy atom. The molecule has 0 aliphatic heterocycles. The van der Waals surface area contributed by atoms with Crippen LogP contribution in [0.1, 0.15) is 16.8 Å². The molecule has 5 rings (SSSR count). The molecule has 11 heteroatoms. The Labute approximate surface area is 230 Å². The van der Waals surface area contributed by atoms with Gasteiger partial charge in [0.15, 0.2) is 11.4 Å². The summed E-state index contributed by atoms with van der Waals surface area (Å²) in [6.45, 7) is 0.168. The number of rotatable bonds is 9. The molecule has 2 heterocycles. The number of aromatic nitrogens is 2. The van der Waals surface area contributed by atoms with E-state index in [2.05, 4.69) is 9.97 Å². The van der Waals surface area contributed by atoms with Gasteiger partial charge in [-0.15, -0.1) is 11.3 Å². The first-order valence-electron chi connectivity index (χ1n) is 11.9. The molecule has 0 spiro atoms. The average Bonchev–Trinajstić information content (AvgIpc) is 3.46. The summed E-state index contributed by atoms with van der Waals surface area (Å²) in [6, 6.07) is 23.9. The van der Waals surface area contributed by atoms with Crippen LogP contribution in [-0.2, 0) is 19.4 Å². The summed E-state index contributed by atoms with van der Waals surface area (Å²) in [5.41, 5.74) is 0.583. The first-order valence-corrected chi connectivity index (χ1v) is 12.8. The fourth-order valence-electron chi connectivity index (χ4n) is 3.92. The van der Waals surface area contributed by atoms with Gasteiger partial charge in [-0.3, -0.25) is 15.1 Å². The second-order valence-electron chi connectivity index (χ2n) is 8.56. The molecule has 202 valence electrons. The Morgan fingerprint density at radius 3 is 2.15 bits per heavy atom. The summed E-state index contributed by atoms with van der Waals surface area (Å²) in [4.78, 5) is 19.4. The van der Waals surface area contributed by atoms with Crippen molar-refractivity contribution < 1.29 is 27.6 Å². The largest absolute Gasteiger partial charge is 0.485 e. The zero-order valence-corrected chi connectivity index (χ0v) is 21.5. The summed E-state index contributed by atoms with van der Waals surface area (Å²) < 4.78 is 52.5. The normalized spacial score (nSPS) is 11.3. The fraction of sp³-hybridized carbons (Fsp3) is 0.103. The van der Waals surface area contributed by atoms with E-state index in [1.807, 2.05) is 60.7 Å². The van der Waals surface area contributed by atoms with Crippen molar-refractivity contribution in [2.75, 3.05) is 0 Å². The monoisotopic (exact) mass is 563 g/mol.